The minimum absolute atomic E-state index is 0.0149. The van der Waals surface area contributed by atoms with Crippen LogP contribution in [0.1, 0.15) is 29.5 Å². The second kappa shape index (κ2) is 5.21. The van der Waals surface area contributed by atoms with E-state index in [1.807, 2.05) is 0 Å². The first-order valence-corrected chi connectivity index (χ1v) is 5.04. The molecule has 0 N–H and O–H groups in total. The second-order valence-electron chi connectivity index (χ2n) is 2.68. The van der Waals surface area contributed by atoms with Crippen LogP contribution in [0, 0.1) is 5.82 Å². The van der Waals surface area contributed by atoms with E-state index in [1.54, 1.807) is 6.92 Å². The summed E-state index contributed by atoms with van der Waals surface area (Å²) in [5.41, 5.74) is -0.442. The summed E-state index contributed by atoms with van der Waals surface area (Å²) in [6.45, 7) is -1.17. The predicted octanol–water partition coefficient (Wildman–Crippen LogP) is 2.65. The molecule has 0 saturated carbocycles. The lowest BCUT2D eigenvalue weighted by molar-refractivity contribution is -0.144. The maximum Gasteiger partial charge on any atom is 0.314 e. The van der Waals surface area contributed by atoms with Crippen molar-refractivity contribution in [3.63, 3.8) is 0 Å². The summed E-state index contributed by atoms with van der Waals surface area (Å²) < 4.78 is 40.5. The molecule has 15 heavy (non-hydrogen) atoms. The van der Waals surface area contributed by atoms with Gasteiger partial charge in [0.05, 0.1) is 22.7 Å². The van der Waals surface area contributed by atoms with Crippen LogP contribution < -0.4 is 0 Å². The molecule has 5 heteroatoms. The Morgan fingerprint density at radius 2 is 2.60 bits per heavy atom. The van der Waals surface area contributed by atoms with Crippen LogP contribution in [0.3, 0.4) is 0 Å². The predicted molar refractivity (Wildman–Crippen MR) is 56.9 cm³/mol. The Kier molecular flexibility index (Phi) is 2.85. The first kappa shape index (κ1) is 8.21. The topological polar surface area (TPSA) is 39.2 Å². The SMILES string of the molecule is [2H]C([2H])([2H])C(C(=O)OCC)c1nccc(Br)c1F. The van der Waals surface area contributed by atoms with Gasteiger partial charge in [-0.2, -0.15) is 0 Å². The molecule has 0 aliphatic carbocycles. The van der Waals surface area contributed by atoms with E-state index in [1.165, 1.54) is 12.3 Å². The van der Waals surface area contributed by atoms with Crippen LogP contribution in [0.2, 0.25) is 0 Å². The molecule has 1 atom stereocenters. The van der Waals surface area contributed by atoms with Gasteiger partial charge < -0.3 is 4.74 Å². The van der Waals surface area contributed by atoms with Gasteiger partial charge in [-0.15, -0.1) is 0 Å². The van der Waals surface area contributed by atoms with E-state index in [4.69, 9.17) is 4.11 Å². The lowest BCUT2D eigenvalue weighted by atomic mass is 10.1. The van der Waals surface area contributed by atoms with Gasteiger partial charge in [-0.05, 0) is 35.8 Å². The minimum Gasteiger partial charge on any atom is -0.465 e. The molecule has 82 valence electrons. The number of nitrogens with zero attached hydrogens (tertiary/aromatic N) is 1. The zero-order valence-corrected chi connectivity index (χ0v) is 9.54. The van der Waals surface area contributed by atoms with Crippen molar-refractivity contribution in [1.29, 1.82) is 0 Å². The van der Waals surface area contributed by atoms with Gasteiger partial charge in [-0.1, -0.05) is 0 Å². The number of hydrogen-bond acceptors (Lipinski definition) is 3. The van der Waals surface area contributed by atoms with Crippen molar-refractivity contribution in [2.75, 3.05) is 6.61 Å². The van der Waals surface area contributed by atoms with Crippen LogP contribution in [0.4, 0.5) is 4.39 Å². The second-order valence-corrected chi connectivity index (χ2v) is 3.53. The molecule has 0 radical (unpaired) electrons. The van der Waals surface area contributed by atoms with Gasteiger partial charge in [0.2, 0.25) is 0 Å². The average Bonchev–Trinajstić information content (AvgIpc) is 2.23. The standard InChI is InChI=1S/C10H11BrFNO2/c1-3-15-10(14)6(2)9-8(12)7(11)4-5-13-9/h4-6H,3H2,1-2H3/i2D3. The number of rotatable bonds is 3. The Labute approximate surface area is 100.0 Å². The number of carbonyl (C=O) groups excluding carboxylic acids is 1. The number of ether oxygens (including phenoxy) is 1. The third kappa shape index (κ3) is 2.75. The minimum atomic E-state index is -2.72. The molecule has 0 aromatic carbocycles. The quantitative estimate of drug-likeness (QED) is 0.798. The molecule has 3 nitrogen and oxygen atoms in total. The van der Waals surface area contributed by atoms with Crippen molar-refractivity contribution in [1.82, 2.24) is 4.98 Å². The van der Waals surface area contributed by atoms with Crippen LogP contribution in [0.25, 0.3) is 0 Å². The Bertz CT molecular complexity index is 453. The fraction of sp³-hybridized carbons (Fsp3) is 0.400. The molecule has 1 unspecified atom stereocenters. The highest BCUT2D eigenvalue weighted by molar-refractivity contribution is 9.10. The van der Waals surface area contributed by atoms with Crippen LogP contribution in [-0.2, 0) is 9.53 Å². The Balaban J connectivity index is 3.27. The number of aromatic nitrogens is 1. The van der Waals surface area contributed by atoms with Crippen LogP contribution in [-0.4, -0.2) is 17.6 Å². The summed E-state index contributed by atoms with van der Waals surface area (Å²) in [5.74, 6) is -3.61. The van der Waals surface area contributed by atoms with Crippen molar-refractivity contribution < 1.29 is 18.0 Å². The number of esters is 1. The first-order chi connectivity index (χ1) is 8.29. The third-order valence-corrected chi connectivity index (χ3v) is 2.28. The zero-order chi connectivity index (χ0) is 13.9. The average molecular weight is 279 g/mol. The maximum atomic E-state index is 13.8. The fourth-order valence-corrected chi connectivity index (χ4v) is 1.30. The maximum absolute atomic E-state index is 13.8. The van der Waals surface area contributed by atoms with Gasteiger partial charge in [-0.25, -0.2) is 4.39 Å². The lowest BCUT2D eigenvalue weighted by Crippen LogP contribution is -2.15. The molecule has 0 spiro atoms. The van der Waals surface area contributed by atoms with Crippen LogP contribution in [0.15, 0.2) is 16.7 Å². The summed E-state index contributed by atoms with van der Waals surface area (Å²) in [6.07, 6.45) is 1.22. The van der Waals surface area contributed by atoms with Gasteiger partial charge in [0.25, 0.3) is 0 Å². The summed E-state index contributed by atoms with van der Waals surface area (Å²) in [4.78, 5) is 15.3. The number of halogens is 2. The molecular weight excluding hydrogens is 265 g/mol. The molecule has 0 amide bonds. The van der Waals surface area contributed by atoms with E-state index in [-0.39, 0.29) is 11.1 Å². The van der Waals surface area contributed by atoms with Gasteiger partial charge >= 0.3 is 5.97 Å². The van der Waals surface area contributed by atoms with Crippen LogP contribution in [0.5, 0.6) is 0 Å². The normalized spacial score (nSPS) is 16.1. The monoisotopic (exact) mass is 278 g/mol. The molecule has 0 bridgehead atoms. The van der Waals surface area contributed by atoms with Crippen molar-refractivity contribution in [2.24, 2.45) is 0 Å². The molecule has 0 aliphatic rings. The summed E-state index contributed by atoms with van der Waals surface area (Å²) in [5, 5.41) is 0. The van der Waals surface area contributed by atoms with Crippen molar-refractivity contribution in [3.05, 3.63) is 28.2 Å². The molecule has 0 saturated heterocycles. The largest absolute Gasteiger partial charge is 0.465 e. The number of pyridine rings is 1. The fourth-order valence-electron chi connectivity index (χ4n) is 0.974. The van der Waals surface area contributed by atoms with E-state index in [0.29, 0.717) is 0 Å². The first-order valence-electron chi connectivity index (χ1n) is 5.75. The van der Waals surface area contributed by atoms with E-state index in [0.717, 1.165) is 0 Å². The Morgan fingerprint density at radius 1 is 1.87 bits per heavy atom. The Morgan fingerprint density at radius 3 is 3.20 bits per heavy atom. The lowest BCUT2D eigenvalue weighted by Gasteiger charge is -2.10. The molecule has 1 aromatic rings. The van der Waals surface area contributed by atoms with E-state index < -0.39 is 30.3 Å². The zero-order valence-electron chi connectivity index (χ0n) is 11.0. The third-order valence-electron chi connectivity index (χ3n) is 1.66. The molecule has 1 rings (SSSR count). The van der Waals surface area contributed by atoms with Gasteiger partial charge in [-0.3, -0.25) is 9.78 Å². The van der Waals surface area contributed by atoms with Crippen molar-refractivity contribution >= 4 is 21.9 Å². The summed E-state index contributed by atoms with van der Waals surface area (Å²) in [6, 6.07) is 1.32. The highest BCUT2D eigenvalue weighted by Crippen LogP contribution is 2.23. The molecule has 0 aliphatic heterocycles. The van der Waals surface area contributed by atoms with Gasteiger partial charge in [0.1, 0.15) is 0 Å². The van der Waals surface area contributed by atoms with Crippen molar-refractivity contribution in [2.45, 2.75) is 19.7 Å². The van der Waals surface area contributed by atoms with Gasteiger partial charge in [0.15, 0.2) is 5.82 Å². The van der Waals surface area contributed by atoms with E-state index in [9.17, 15) is 9.18 Å². The van der Waals surface area contributed by atoms with Gasteiger partial charge in [0, 0.05) is 10.3 Å². The highest BCUT2D eigenvalue weighted by atomic mass is 79.9. The molecule has 1 heterocycles. The highest BCUT2D eigenvalue weighted by Gasteiger charge is 2.22. The number of hydrogen-bond donors (Lipinski definition) is 0. The molecular formula is C10H11BrFNO2. The smallest absolute Gasteiger partial charge is 0.314 e. The summed E-state index contributed by atoms with van der Waals surface area (Å²) in [7, 11) is 0. The van der Waals surface area contributed by atoms with Crippen molar-refractivity contribution in [3.8, 4) is 0 Å². The molecule has 1 aromatic heterocycles. The number of carbonyl (C=O) groups is 1. The Hall–Kier alpha value is -0.970. The van der Waals surface area contributed by atoms with E-state index in [2.05, 4.69) is 25.7 Å². The van der Waals surface area contributed by atoms with E-state index >= 15 is 0 Å². The van der Waals surface area contributed by atoms with Crippen LogP contribution >= 0.6 is 15.9 Å². The summed E-state index contributed by atoms with van der Waals surface area (Å²) >= 11 is 2.92. The molecule has 0 fully saturated rings.